The number of Topliss-reactive ketones (excluding diaryl/α,β-unsaturated/α-hetero) is 1. The highest BCUT2D eigenvalue weighted by Crippen LogP contribution is 2.20. The molecule has 3 aromatic carbocycles. The number of fused-ring (bicyclic) bond motifs is 1. The summed E-state index contributed by atoms with van der Waals surface area (Å²) >= 11 is 0. The molecule has 4 rings (SSSR count). The van der Waals surface area contributed by atoms with Gasteiger partial charge in [0.15, 0.2) is 6.61 Å². The number of amides is 3. The van der Waals surface area contributed by atoms with E-state index in [4.69, 9.17) is 4.74 Å². The number of nitrogens with zero attached hydrogens (tertiary/aromatic N) is 1. The van der Waals surface area contributed by atoms with Crippen LogP contribution in [0, 0.1) is 0 Å². The Morgan fingerprint density at radius 1 is 0.825 bits per heavy atom. The summed E-state index contributed by atoms with van der Waals surface area (Å²) in [7, 11) is 0. The van der Waals surface area contributed by atoms with Crippen LogP contribution in [0.3, 0.4) is 0 Å². The molecule has 0 bridgehead atoms. The maximum absolute atomic E-state index is 13.0. The van der Waals surface area contributed by atoms with E-state index in [2.05, 4.69) is 20.9 Å². The minimum absolute atomic E-state index is 0.0705. The van der Waals surface area contributed by atoms with Gasteiger partial charge in [-0.25, -0.2) is 0 Å². The molecule has 0 fully saturated rings. The van der Waals surface area contributed by atoms with Crippen molar-refractivity contribution >= 4 is 34.3 Å². The van der Waals surface area contributed by atoms with Crippen LogP contribution in [0.5, 0.6) is 5.75 Å². The second-order valence-corrected chi connectivity index (χ2v) is 9.21. The molecule has 0 aliphatic heterocycles. The quantitative estimate of drug-likeness (QED) is 0.238. The van der Waals surface area contributed by atoms with Crippen molar-refractivity contribution in [3.8, 4) is 5.75 Å². The van der Waals surface area contributed by atoms with Crippen molar-refractivity contribution in [3.05, 3.63) is 108 Å². The molecule has 1 heterocycles. The van der Waals surface area contributed by atoms with Crippen LogP contribution in [-0.4, -0.2) is 47.2 Å². The van der Waals surface area contributed by atoms with E-state index < -0.39 is 35.6 Å². The fourth-order valence-electron chi connectivity index (χ4n) is 4.03. The molecule has 9 heteroatoms. The van der Waals surface area contributed by atoms with Gasteiger partial charge in [0.1, 0.15) is 17.8 Å². The fourth-order valence-corrected chi connectivity index (χ4v) is 4.03. The van der Waals surface area contributed by atoms with Gasteiger partial charge >= 0.3 is 0 Å². The summed E-state index contributed by atoms with van der Waals surface area (Å²) in [6.07, 6.45) is 1.69. The third kappa shape index (κ3) is 7.97. The van der Waals surface area contributed by atoms with Crippen LogP contribution in [0.4, 0.5) is 0 Å². The van der Waals surface area contributed by atoms with Crippen molar-refractivity contribution in [3.63, 3.8) is 0 Å². The zero-order chi connectivity index (χ0) is 28.3. The van der Waals surface area contributed by atoms with E-state index in [0.29, 0.717) is 11.4 Å². The molecular weight excluding hydrogens is 508 g/mol. The summed E-state index contributed by atoms with van der Waals surface area (Å²) in [4.78, 5) is 55.2. The summed E-state index contributed by atoms with van der Waals surface area (Å²) in [6, 6.07) is 25.4. The third-order valence-corrected chi connectivity index (χ3v) is 6.16. The zero-order valence-electron chi connectivity index (χ0n) is 22.0. The highest BCUT2D eigenvalue weighted by Gasteiger charge is 2.29. The molecule has 4 aromatic rings. The van der Waals surface area contributed by atoms with Crippen molar-refractivity contribution in [2.24, 2.45) is 0 Å². The number of aromatic nitrogens is 1. The number of ketones is 1. The molecule has 0 aliphatic rings. The summed E-state index contributed by atoms with van der Waals surface area (Å²) in [5, 5.41) is 9.78. The minimum atomic E-state index is -1.13. The molecule has 2 atom stereocenters. The molecule has 3 N–H and O–H groups in total. The van der Waals surface area contributed by atoms with Crippen molar-refractivity contribution < 1.29 is 23.9 Å². The van der Waals surface area contributed by atoms with Gasteiger partial charge in [0.2, 0.25) is 11.7 Å². The Hall–Kier alpha value is -5.05. The SMILES string of the molecule is C[C@@H](NC(=O)COc1ccc2ccccc2c1)C(=O)N[C@H](Cc1ccccc1)C(=O)C(=O)NCc1ccccn1. The lowest BCUT2D eigenvalue weighted by Gasteiger charge is -2.21. The Kier molecular flexibility index (Phi) is 9.55. The molecule has 9 nitrogen and oxygen atoms in total. The highest BCUT2D eigenvalue weighted by atomic mass is 16.5. The average molecular weight is 539 g/mol. The normalized spacial score (nSPS) is 12.1. The largest absolute Gasteiger partial charge is 0.484 e. The smallest absolute Gasteiger partial charge is 0.289 e. The lowest BCUT2D eigenvalue weighted by Crippen LogP contribution is -2.54. The minimum Gasteiger partial charge on any atom is -0.484 e. The molecule has 0 saturated carbocycles. The molecule has 0 spiro atoms. The van der Waals surface area contributed by atoms with Crippen molar-refractivity contribution in [1.82, 2.24) is 20.9 Å². The standard InChI is InChI=1S/C31H30N4O5/c1-21(34-28(36)20-40-26-15-14-23-11-5-6-12-24(23)18-26)30(38)35-27(17-22-9-3-2-4-10-22)29(37)31(39)33-19-25-13-7-8-16-32-25/h2-16,18,21,27H,17,19-20H2,1H3,(H,33,39)(H,34,36)(H,35,38)/t21-,27-/m1/s1. The second kappa shape index (κ2) is 13.7. The Labute approximate surface area is 232 Å². The van der Waals surface area contributed by atoms with Gasteiger partial charge in [-0.1, -0.05) is 66.7 Å². The summed E-state index contributed by atoms with van der Waals surface area (Å²) < 4.78 is 5.59. The number of benzene rings is 3. The molecule has 3 amide bonds. The molecular formula is C31H30N4O5. The van der Waals surface area contributed by atoms with Gasteiger partial charge in [0.05, 0.1) is 12.2 Å². The van der Waals surface area contributed by atoms with Gasteiger partial charge in [-0.2, -0.15) is 0 Å². The van der Waals surface area contributed by atoms with Crippen LogP contribution in [0.15, 0.2) is 97.2 Å². The molecule has 1 aromatic heterocycles. The number of rotatable bonds is 12. The second-order valence-electron chi connectivity index (χ2n) is 9.21. The van der Waals surface area contributed by atoms with Crippen LogP contribution in [-0.2, 0) is 32.1 Å². The number of pyridine rings is 1. The summed E-state index contributed by atoms with van der Waals surface area (Å²) in [6.45, 7) is 1.27. The molecule has 0 radical (unpaired) electrons. The first-order valence-electron chi connectivity index (χ1n) is 12.9. The van der Waals surface area contributed by atoms with Gasteiger partial charge in [0.25, 0.3) is 11.8 Å². The Morgan fingerprint density at radius 3 is 2.30 bits per heavy atom. The molecule has 0 unspecified atom stereocenters. The van der Waals surface area contributed by atoms with E-state index >= 15 is 0 Å². The summed E-state index contributed by atoms with van der Waals surface area (Å²) in [5.41, 5.74) is 1.36. The lowest BCUT2D eigenvalue weighted by molar-refractivity contribution is -0.140. The monoisotopic (exact) mass is 538 g/mol. The number of hydrogen-bond donors (Lipinski definition) is 3. The Balaban J connectivity index is 1.33. The van der Waals surface area contributed by atoms with Gasteiger partial charge in [-0.15, -0.1) is 0 Å². The van der Waals surface area contributed by atoms with Crippen LogP contribution >= 0.6 is 0 Å². The van der Waals surface area contributed by atoms with Gasteiger partial charge in [-0.3, -0.25) is 24.2 Å². The molecule has 0 saturated heterocycles. The van der Waals surface area contributed by atoms with Gasteiger partial charge in [-0.05, 0) is 47.5 Å². The fraction of sp³-hybridized carbons (Fsp3) is 0.194. The summed E-state index contributed by atoms with van der Waals surface area (Å²) in [5.74, 6) is -2.23. The first-order chi connectivity index (χ1) is 19.4. The third-order valence-electron chi connectivity index (χ3n) is 6.16. The van der Waals surface area contributed by atoms with Crippen LogP contribution in [0.2, 0.25) is 0 Å². The van der Waals surface area contributed by atoms with Crippen LogP contribution in [0.25, 0.3) is 10.8 Å². The van der Waals surface area contributed by atoms with Crippen LogP contribution in [0.1, 0.15) is 18.2 Å². The number of ether oxygens (including phenoxy) is 1. The number of carbonyl (C=O) groups is 4. The zero-order valence-corrected chi connectivity index (χ0v) is 22.0. The molecule has 0 aliphatic carbocycles. The number of carbonyl (C=O) groups excluding carboxylic acids is 4. The van der Waals surface area contributed by atoms with Gasteiger partial charge < -0.3 is 20.7 Å². The van der Waals surface area contributed by atoms with Crippen LogP contribution < -0.4 is 20.7 Å². The van der Waals surface area contributed by atoms with Crippen molar-refractivity contribution in [2.75, 3.05) is 6.61 Å². The first-order valence-corrected chi connectivity index (χ1v) is 12.9. The maximum Gasteiger partial charge on any atom is 0.289 e. The first kappa shape index (κ1) is 28.0. The van der Waals surface area contributed by atoms with E-state index in [0.717, 1.165) is 16.3 Å². The van der Waals surface area contributed by atoms with E-state index in [-0.39, 0.29) is 19.6 Å². The van der Waals surface area contributed by atoms with Gasteiger partial charge in [0, 0.05) is 12.6 Å². The predicted octanol–water partition coefficient (Wildman–Crippen LogP) is 2.73. The highest BCUT2D eigenvalue weighted by molar-refractivity contribution is 6.38. The Bertz CT molecular complexity index is 1480. The topological polar surface area (TPSA) is 126 Å². The maximum atomic E-state index is 13.0. The number of nitrogens with one attached hydrogen (secondary N) is 3. The lowest BCUT2D eigenvalue weighted by atomic mass is 10.0. The van der Waals surface area contributed by atoms with E-state index in [9.17, 15) is 19.2 Å². The van der Waals surface area contributed by atoms with E-state index in [1.165, 1.54) is 6.92 Å². The predicted molar refractivity (Wildman–Crippen MR) is 150 cm³/mol. The molecule has 40 heavy (non-hydrogen) atoms. The van der Waals surface area contributed by atoms with Crippen molar-refractivity contribution in [1.29, 1.82) is 0 Å². The van der Waals surface area contributed by atoms with E-state index in [1.807, 2.05) is 42.5 Å². The molecule has 204 valence electrons. The van der Waals surface area contributed by atoms with Crippen molar-refractivity contribution in [2.45, 2.75) is 32.0 Å². The number of hydrogen-bond acceptors (Lipinski definition) is 6. The average Bonchev–Trinajstić information content (AvgIpc) is 2.99. The Morgan fingerprint density at radius 2 is 1.55 bits per heavy atom. The van der Waals surface area contributed by atoms with E-state index in [1.54, 1.807) is 54.7 Å².